The van der Waals surface area contributed by atoms with Gasteiger partial charge in [-0.05, 0) is 62.6 Å². The number of benzene rings is 1. The number of hydrogen-bond acceptors (Lipinski definition) is 4. The van der Waals surface area contributed by atoms with Crippen molar-refractivity contribution in [2.24, 2.45) is 7.05 Å². The fourth-order valence-corrected chi connectivity index (χ4v) is 4.09. The highest BCUT2D eigenvalue weighted by Crippen LogP contribution is 2.38. The zero-order valence-corrected chi connectivity index (χ0v) is 18.3. The molecule has 1 amide bonds. The lowest BCUT2D eigenvalue weighted by Gasteiger charge is -2.23. The average molecular weight is 418 g/mol. The number of nitrogens with zero attached hydrogens (tertiary/aromatic N) is 2. The van der Waals surface area contributed by atoms with Crippen molar-refractivity contribution in [2.75, 3.05) is 6.54 Å². The first kappa shape index (κ1) is 20.8. The average Bonchev–Trinajstić information content (AvgIpc) is 3.17. The molecule has 0 radical (unpaired) electrons. The van der Waals surface area contributed by atoms with E-state index in [0.29, 0.717) is 23.1 Å². The minimum Gasteiger partial charge on any atom is -0.386 e. The Morgan fingerprint density at radius 1 is 1.26 bits per heavy atom. The van der Waals surface area contributed by atoms with Gasteiger partial charge in [0.15, 0.2) is 0 Å². The molecule has 7 nitrogen and oxygen atoms in total. The van der Waals surface area contributed by atoms with Crippen molar-refractivity contribution in [3.05, 3.63) is 63.8 Å². The Balaban J connectivity index is 2.10. The number of rotatable bonds is 4. The van der Waals surface area contributed by atoms with E-state index in [0.717, 1.165) is 33.2 Å². The number of pyridine rings is 2. The zero-order chi connectivity index (χ0) is 22.5. The zero-order valence-electron chi connectivity index (χ0n) is 18.3. The predicted octanol–water partition coefficient (Wildman–Crippen LogP) is 3.37. The van der Waals surface area contributed by atoms with Gasteiger partial charge in [0.25, 0.3) is 11.5 Å². The summed E-state index contributed by atoms with van der Waals surface area (Å²) in [5, 5.41) is 15.2. The van der Waals surface area contributed by atoms with Gasteiger partial charge in [-0.25, -0.2) is 0 Å². The van der Waals surface area contributed by atoms with E-state index in [4.69, 9.17) is 0 Å². The summed E-state index contributed by atoms with van der Waals surface area (Å²) in [5.74, 6) is -0.263. The van der Waals surface area contributed by atoms with Crippen LogP contribution in [0.1, 0.15) is 42.4 Å². The molecule has 0 bridgehead atoms. The first-order valence-electron chi connectivity index (χ1n) is 10.3. The van der Waals surface area contributed by atoms with E-state index in [9.17, 15) is 14.7 Å². The van der Waals surface area contributed by atoms with Gasteiger partial charge in [0, 0.05) is 42.3 Å². The Bertz CT molecular complexity index is 1390. The number of H-pyrrole nitrogens is 1. The summed E-state index contributed by atoms with van der Waals surface area (Å²) in [7, 11) is 1.68. The van der Waals surface area contributed by atoms with E-state index in [1.807, 2.05) is 32.0 Å². The maximum absolute atomic E-state index is 12.8. The van der Waals surface area contributed by atoms with Crippen LogP contribution in [0.25, 0.3) is 32.9 Å². The Kier molecular flexibility index (Phi) is 4.94. The first-order chi connectivity index (χ1) is 14.6. The Hall–Kier alpha value is -3.45. The third-order valence-corrected chi connectivity index (χ3v) is 5.64. The van der Waals surface area contributed by atoms with Crippen LogP contribution in [-0.4, -0.2) is 32.1 Å². The van der Waals surface area contributed by atoms with Crippen LogP contribution in [0, 0.1) is 6.92 Å². The van der Waals surface area contributed by atoms with E-state index < -0.39 is 5.60 Å². The highest BCUT2D eigenvalue weighted by molar-refractivity contribution is 6.04. The largest absolute Gasteiger partial charge is 0.386 e. The molecule has 0 unspecified atom stereocenters. The number of fused-ring (bicyclic) bond motifs is 2. The summed E-state index contributed by atoms with van der Waals surface area (Å²) >= 11 is 0. The Morgan fingerprint density at radius 2 is 2.00 bits per heavy atom. The lowest BCUT2D eigenvalue weighted by Crippen LogP contribution is -2.23. The number of aromatic amines is 1. The number of nitrogens with one attached hydrogen (secondary N) is 2. The molecule has 3 heterocycles. The molecule has 31 heavy (non-hydrogen) atoms. The van der Waals surface area contributed by atoms with Crippen molar-refractivity contribution in [3.8, 4) is 11.1 Å². The number of amides is 1. The molecule has 0 atom stereocenters. The van der Waals surface area contributed by atoms with E-state index in [1.165, 1.54) is 4.57 Å². The van der Waals surface area contributed by atoms with Crippen LogP contribution < -0.4 is 10.9 Å². The van der Waals surface area contributed by atoms with Crippen LogP contribution in [0.5, 0.6) is 0 Å². The first-order valence-corrected chi connectivity index (χ1v) is 10.3. The van der Waals surface area contributed by atoms with E-state index >= 15 is 0 Å². The molecule has 4 rings (SSSR count). The SMILES string of the molecule is CCNC(=O)c1cc2c(-c3cc(C(C)(C)O)c4cccnc4c3C)cn(C)c(=O)c2[nH]1. The van der Waals surface area contributed by atoms with Gasteiger partial charge in [-0.2, -0.15) is 0 Å². The predicted molar refractivity (Wildman–Crippen MR) is 122 cm³/mol. The lowest BCUT2D eigenvalue weighted by atomic mass is 9.87. The highest BCUT2D eigenvalue weighted by atomic mass is 16.3. The molecule has 3 aromatic heterocycles. The maximum Gasteiger partial charge on any atom is 0.274 e. The molecule has 0 aliphatic carbocycles. The van der Waals surface area contributed by atoms with Crippen molar-refractivity contribution >= 4 is 27.7 Å². The van der Waals surface area contributed by atoms with Gasteiger partial charge >= 0.3 is 0 Å². The van der Waals surface area contributed by atoms with Crippen LogP contribution in [0.3, 0.4) is 0 Å². The van der Waals surface area contributed by atoms with Gasteiger partial charge in [-0.3, -0.25) is 14.6 Å². The standard InChI is InChI=1S/C24H26N4O3/c1-6-25-22(29)19-11-16-17(12-28(5)23(30)21(16)27-19)15-10-18(24(3,4)31)14-8-7-9-26-20(14)13(15)2/h7-12,27,31H,6H2,1-5H3,(H,25,29). The molecular formula is C24H26N4O3. The second-order valence-corrected chi connectivity index (χ2v) is 8.35. The number of carbonyl (C=O) groups is 1. The van der Waals surface area contributed by atoms with Gasteiger partial charge < -0.3 is 20.0 Å². The van der Waals surface area contributed by atoms with Crippen molar-refractivity contribution in [1.29, 1.82) is 0 Å². The summed E-state index contributed by atoms with van der Waals surface area (Å²) in [6, 6.07) is 7.47. The van der Waals surface area contributed by atoms with Gasteiger partial charge in [-0.1, -0.05) is 6.07 Å². The van der Waals surface area contributed by atoms with Crippen molar-refractivity contribution in [1.82, 2.24) is 19.9 Å². The van der Waals surface area contributed by atoms with Crippen molar-refractivity contribution < 1.29 is 9.90 Å². The third kappa shape index (κ3) is 3.41. The second-order valence-electron chi connectivity index (χ2n) is 8.35. The second kappa shape index (κ2) is 7.35. The summed E-state index contributed by atoms with van der Waals surface area (Å²) < 4.78 is 1.50. The molecule has 7 heteroatoms. The monoisotopic (exact) mass is 418 g/mol. The molecule has 4 aromatic rings. The fraction of sp³-hybridized carbons (Fsp3) is 0.292. The van der Waals surface area contributed by atoms with Gasteiger partial charge in [0.2, 0.25) is 0 Å². The molecule has 0 aliphatic heterocycles. The number of aromatic nitrogens is 3. The molecule has 0 saturated heterocycles. The van der Waals surface area contributed by atoms with E-state index in [1.54, 1.807) is 39.4 Å². The molecule has 0 spiro atoms. The molecule has 0 aliphatic rings. The number of hydrogen-bond donors (Lipinski definition) is 3. The quantitative estimate of drug-likeness (QED) is 0.473. The molecular weight excluding hydrogens is 392 g/mol. The van der Waals surface area contributed by atoms with Crippen LogP contribution >= 0.6 is 0 Å². The van der Waals surface area contributed by atoms with Crippen LogP contribution in [0.2, 0.25) is 0 Å². The molecule has 0 saturated carbocycles. The van der Waals surface area contributed by atoms with Crippen LogP contribution in [-0.2, 0) is 12.6 Å². The Labute approximate surface area is 179 Å². The fourth-order valence-electron chi connectivity index (χ4n) is 4.09. The molecule has 0 fully saturated rings. The number of aryl methyl sites for hydroxylation is 2. The Morgan fingerprint density at radius 3 is 2.68 bits per heavy atom. The number of aliphatic hydroxyl groups is 1. The minimum absolute atomic E-state index is 0.214. The number of carbonyl (C=O) groups excluding carboxylic acids is 1. The van der Waals surface area contributed by atoms with Crippen LogP contribution in [0.15, 0.2) is 41.5 Å². The maximum atomic E-state index is 12.8. The van der Waals surface area contributed by atoms with Crippen molar-refractivity contribution in [2.45, 2.75) is 33.3 Å². The van der Waals surface area contributed by atoms with Crippen molar-refractivity contribution in [3.63, 3.8) is 0 Å². The summed E-state index contributed by atoms with van der Waals surface area (Å²) in [4.78, 5) is 32.7. The molecule has 160 valence electrons. The summed E-state index contributed by atoms with van der Waals surface area (Å²) in [6.07, 6.45) is 3.50. The smallest absolute Gasteiger partial charge is 0.274 e. The summed E-state index contributed by atoms with van der Waals surface area (Å²) in [5.41, 5.74) is 3.51. The van der Waals surface area contributed by atoms with Gasteiger partial charge in [0.05, 0.1) is 11.1 Å². The van der Waals surface area contributed by atoms with Crippen LogP contribution in [0.4, 0.5) is 0 Å². The molecule has 3 N–H and O–H groups in total. The van der Waals surface area contributed by atoms with Gasteiger partial charge in [-0.15, -0.1) is 0 Å². The third-order valence-electron chi connectivity index (χ3n) is 5.64. The van der Waals surface area contributed by atoms with Gasteiger partial charge in [0.1, 0.15) is 11.2 Å². The molecule has 1 aromatic carbocycles. The topological polar surface area (TPSA) is 100 Å². The summed E-state index contributed by atoms with van der Waals surface area (Å²) in [6.45, 7) is 7.80. The minimum atomic E-state index is -1.09. The van der Waals surface area contributed by atoms with E-state index in [2.05, 4.69) is 15.3 Å². The normalized spacial score (nSPS) is 11.9. The van der Waals surface area contributed by atoms with E-state index in [-0.39, 0.29) is 11.5 Å². The lowest BCUT2D eigenvalue weighted by molar-refractivity contribution is 0.0802. The highest BCUT2D eigenvalue weighted by Gasteiger charge is 2.24.